The first-order valence-electron chi connectivity index (χ1n) is 6.47. The molecule has 4 heteroatoms. The topological polar surface area (TPSA) is 39.7 Å². The summed E-state index contributed by atoms with van der Waals surface area (Å²) in [5, 5.41) is 3.28. The number of benzene rings is 2. The standard InChI is InChI=1S/C16H19NO3/c1-18-14-8-9-16(19-2)15(12-14)17-10-11-20-13-6-4-3-5-7-13/h3-9,12,17H,10-11H2,1-2H3. The molecule has 4 nitrogen and oxygen atoms in total. The SMILES string of the molecule is COc1ccc(OC)c(NCCOc2ccccc2)c1. The molecule has 1 N–H and O–H groups in total. The quantitative estimate of drug-likeness (QED) is 0.786. The first kappa shape index (κ1) is 14.1. The Morgan fingerprint density at radius 3 is 2.40 bits per heavy atom. The molecule has 0 spiro atoms. The molecule has 2 aromatic carbocycles. The van der Waals surface area contributed by atoms with Gasteiger partial charge in [-0.1, -0.05) is 18.2 Å². The number of rotatable bonds is 7. The smallest absolute Gasteiger partial charge is 0.142 e. The van der Waals surface area contributed by atoms with Crippen molar-refractivity contribution in [2.75, 3.05) is 32.7 Å². The van der Waals surface area contributed by atoms with Crippen molar-refractivity contribution in [1.29, 1.82) is 0 Å². The summed E-state index contributed by atoms with van der Waals surface area (Å²) < 4.78 is 16.1. The predicted molar refractivity (Wildman–Crippen MR) is 80.0 cm³/mol. The maximum atomic E-state index is 5.62. The number of nitrogens with one attached hydrogen (secondary N) is 1. The molecule has 0 bridgehead atoms. The van der Waals surface area contributed by atoms with E-state index in [-0.39, 0.29) is 0 Å². The van der Waals surface area contributed by atoms with Crippen LogP contribution in [0.25, 0.3) is 0 Å². The second-order valence-electron chi connectivity index (χ2n) is 4.15. The number of anilines is 1. The Bertz CT molecular complexity index is 529. The van der Waals surface area contributed by atoms with Crippen molar-refractivity contribution in [2.24, 2.45) is 0 Å². The Morgan fingerprint density at radius 2 is 1.70 bits per heavy atom. The predicted octanol–water partition coefficient (Wildman–Crippen LogP) is 3.19. The van der Waals surface area contributed by atoms with Crippen LogP contribution >= 0.6 is 0 Å². The second kappa shape index (κ2) is 7.28. The highest BCUT2D eigenvalue weighted by atomic mass is 16.5. The molecule has 106 valence electrons. The summed E-state index contributed by atoms with van der Waals surface area (Å²) in [6.45, 7) is 1.25. The van der Waals surface area contributed by atoms with Crippen LogP contribution in [-0.2, 0) is 0 Å². The molecule has 20 heavy (non-hydrogen) atoms. The summed E-state index contributed by atoms with van der Waals surface area (Å²) in [7, 11) is 3.29. The van der Waals surface area contributed by atoms with Gasteiger partial charge in [0.25, 0.3) is 0 Å². The van der Waals surface area contributed by atoms with Gasteiger partial charge in [0, 0.05) is 12.6 Å². The van der Waals surface area contributed by atoms with E-state index >= 15 is 0 Å². The molecular formula is C16H19NO3. The number of hydrogen-bond acceptors (Lipinski definition) is 4. The van der Waals surface area contributed by atoms with Crippen molar-refractivity contribution in [3.8, 4) is 17.2 Å². The zero-order valence-corrected chi connectivity index (χ0v) is 11.8. The average molecular weight is 273 g/mol. The Balaban J connectivity index is 1.87. The zero-order chi connectivity index (χ0) is 14.2. The van der Waals surface area contributed by atoms with Gasteiger partial charge in [-0.3, -0.25) is 0 Å². The van der Waals surface area contributed by atoms with E-state index in [1.807, 2.05) is 48.5 Å². The highest BCUT2D eigenvalue weighted by molar-refractivity contribution is 5.59. The number of hydrogen-bond donors (Lipinski definition) is 1. The van der Waals surface area contributed by atoms with Crippen LogP contribution < -0.4 is 19.5 Å². The van der Waals surface area contributed by atoms with Crippen molar-refractivity contribution in [2.45, 2.75) is 0 Å². The molecule has 0 saturated heterocycles. The van der Waals surface area contributed by atoms with Gasteiger partial charge in [0.05, 0.1) is 19.9 Å². The van der Waals surface area contributed by atoms with Crippen LogP contribution in [0.15, 0.2) is 48.5 Å². The van der Waals surface area contributed by atoms with E-state index in [9.17, 15) is 0 Å². The molecule has 0 aliphatic heterocycles. The molecule has 0 fully saturated rings. The van der Waals surface area contributed by atoms with Crippen LogP contribution in [0.1, 0.15) is 0 Å². The minimum Gasteiger partial charge on any atom is -0.497 e. The van der Waals surface area contributed by atoms with E-state index in [1.54, 1.807) is 14.2 Å². The van der Waals surface area contributed by atoms with E-state index in [4.69, 9.17) is 14.2 Å². The van der Waals surface area contributed by atoms with Gasteiger partial charge in [-0.2, -0.15) is 0 Å². The van der Waals surface area contributed by atoms with Crippen LogP contribution in [0.3, 0.4) is 0 Å². The molecule has 0 atom stereocenters. The normalized spacial score (nSPS) is 9.90. The summed E-state index contributed by atoms with van der Waals surface area (Å²) in [6, 6.07) is 15.4. The highest BCUT2D eigenvalue weighted by Crippen LogP contribution is 2.28. The number of para-hydroxylation sites is 1. The summed E-state index contributed by atoms with van der Waals surface area (Å²) in [4.78, 5) is 0. The van der Waals surface area contributed by atoms with Crippen molar-refractivity contribution in [3.05, 3.63) is 48.5 Å². The van der Waals surface area contributed by atoms with Crippen molar-refractivity contribution >= 4 is 5.69 Å². The van der Waals surface area contributed by atoms with Gasteiger partial charge >= 0.3 is 0 Å². The molecule has 2 rings (SSSR count). The van der Waals surface area contributed by atoms with Gasteiger partial charge in [0.1, 0.15) is 23.9 Å². The molecule has 0 amide bonds. The van der Waals surface area contributed by atoms with Crippen molar-refractivity contribution in [1.82, 2.24) is 0 Å². The molecular weight excluding hydrogens is 254 g/mol. The fourth-order valence-electron chi connectivity index (χ4n) is 1.82. The fraction of sp³-hybridized carbons (Fsp3) is 0.250. The lowest BCUT2D eigenvalue weighted by Gasteiger charge is -2.13. The number of methoxy groups -OCH3 is 2. The Kier molecular flexibility index (Phi) is 5.12. The molecule has 0 aliphatic carbocycles. The van der Waals surface area contributed by atoms with Crippen LogP contribution in [0.5, 0.6) is 17.2 Å². The molecule has 0 radical (unpaired) electrons. The van der Waals surface area contributed by atoms with Gasteiger partial charge in [-0.15, -0.1) is 0 Å². The molecule has 0 aliphatic rings. The van der Waals surface area contributed by atoms with E-state index in [0.29, 0.717) is 13.2 Å². The van der Waals surface area contributed by atoms with Crippen LogP contribution in [0, 0.1) is 0 Å². The average Bonchev–Trinajstić information content (AvgIpc) is 2.52. The molecule has 0 unspecified atom stereocenters. The van der Waals surface area contributed by atoms with E-state index in [0.717, 1.165) is 22.9 Å². The Morgan fingerprint density at radius 1 is 0.900 bits per heavy atom. The molecule has 2 aromatic rings. The monoisotopic (exact) mass is 273 g/mol. The fourth-order valence-corrected chi connectivity index (χ4v) is 1.82. The zero-order valence-electron chi connectivity index (χ0n) is 11.8. The van der Waals surface area contributed by atoms with Crippen LogP contribution in [-0.4, -0.2) is 27.4 Å². The van der Waals surface area contributed by atoms with E-state index in [1.165, 1.54) is 0 Å². The lowest BCUT2D eigenvalue weighted by molar-refractivity contribution is 0.332. The van der Waals surface area contributed by atoms with Gasteiger partial charge in [0.2, 0.25) is 0 Å². The maximum absolute atomic E-state index is 5.62. The van der Waals surface area contributed by atoms with E-state index in [2.05, 4.69) is 5.32 Å². The van der Waals surface area contributed by atoms with Crippen LogP contribution in [0.4, 0.5) is 5.69 Å². The summed E-state index contributed by atoms with van der Waals surface area (Å²) in [5.74, 6) is 2.44. The Hall–Kier alpha value is -2.36. The highest BCUT2D eigenvalue weighted by Gasteiger charge is 2.04. The first-order chi connectivity index (χ1) is 9.83. The lowest BCUT2D eigenvalue weighted by atomic mass is 10.2. The lowest BCUT2D eigenvalue weighted by Crippen LogP contribution is -2.12. The summed E-state index contributed by atoms with van der Waals surface area (Å²) in [5.41, 5.74) is 0.892. The third-order valence-electron chi connectivity index (χ3n) is 2.84. The van der Waals surface area contributed by atoms with Crippen LogP contribution in [0.2, 0.25) is 0 Å². The second-order valence-corrected chi connectivity index (χ2v) is 4.15. The van der Waals surface area contributed by atoms with Gasteiger partial charge < -0.3 is 19.5 Å². The minimum absolute atomic E-state index is 0.574. The van der Waals surface area contributed by atoms with Gasteiger partial charge in [-0.05, 0) is 24.3 Å². The van der Waals surface area contributed by atoms with Crippen molar-refractivity contribution < 1.29 is 14.2 Å². The first-order valence-corrected chi connectivity index (χ1v) is 6.47. The third kappa shape index (κ3) is 3.82. The maximum Gasteiger partial charge on any atom is 0.142 e. The minimum atomic E-state index is 0.574. The van der Waals surface area contributed by atoms with E-state index < -0.39 is 0 Å². The van der Waals surface area contributed by atoms with Gasteiger partial charge in [-0.25, -0.2) is 0 Å². The summed E-state index contributed by atoms with van der Waals surface area (Å²) in [6.07, 6.45) is 0. The number of ether oxygens (including phenoxy) is 3. The molecule has 0 saturated carbocycles. The third-order valence-corrected chi connectivity index (χ3v) is 2.84. The van der Waals surface area contributed by atoms with Gasteiger partial charge in [0.15, 0.2) is 0 Å². The largest absolute Gasteiger partial charge is 0.497 e. The Labute approximate surface area is 119 Å². The molecule has 0 aromatic heterocycles. The molecule has 0 heterocycles. The summed E-state index contributed by atoms with van der Waals surface area (Å²) >= 11 is 0. The van der Waals surface area contributed by atoms with Crippen molar-refractivity contribution in [3.63, 3.8) is 0 Å².